The topological polar surface area (TPSA) is 90.4 Å². The molecule has 8 heteroatoms. The number of hydrogen-bond donors (Lipinski definition) is 1. The van der Waals surface area contributed by atoms with Gasteiger partial charge in [-0.05, 0) is 44.2 Å². The number of likely N-dealkylation sites (N-methyl/N-ethyl adjacent to an activating group) is 1. The second-order valence-electron chi connectivity index (χ2n) is 11.9. The van der Waals surface area contributed by atoms with Gasteiger partial charge in [0, 0.05) is 25.8 Å². The SMILES string of the molecule is Cc1cccc(C)c1N1CC=C[C@]23O[C@]4(C)C=CCN(C)C(=O)[C@@H]4[C@H]2C(=O)N([C@@H](CO)CC(C)C)C3C1=O. The maximum atomic E-state index is 14.7. The Morgan fingerprint density at radius 3 is 2.29 bits per heavy atom. The van der Waals surface area contributed by atoms with E-state index in [0.717, 1.165) is 16.8 Å². The van der Waals surface area contributed by atoms with Gasteiger partial charge < -0.3 is 24.5 Å². The molecule has 6 atom stereocenters. The molecular formula is C30H39N3O5. The second-order valence-corrected chi connectivity index (χ2v) is 11.9. The molecule has 1 unspecified atom stereocenters. The van der Waals surface area contributed by atoms with Gasteiger partial charge in [0.15, 0.2) is 0 Å². The van der Waals surface area contributed by atoms with Gasteiger partial charge in [0.2, 0.25) is 11.8 Å². The number of rotatable bonds is 5. The molecule has 4 aliphatic rings. The summed E-state index contributed by atoms with van der Waals surface area (Å²) in [4.78, 5) is 47.8. The first kappa shape index (κ1) is 26.6. The summed E-state index contributed by atoms with van der Waals surface area (Å²) in [7, 11) is 1.73. The lowest BCUT2D eigenvalue weighted by Gasteiger charge is -2.40. The molecule has 2 fully saturated rings. The zero-order valence-corrected chi connectivity index (χ0v) is 23.2. The van der Waals surface area contributed by atoms with Gasteiger partial charge in [0.25, 0.3) is 5.91 Å². The summed E-state index contributed by atoms with van der Waals surface area (Å²) in [6.45, 7) is 10.3. The zero-order valence-electron chi connectivity index (χ0n) is 23.2. The van der Waals surface area contributed by atoms with E-state index in [1.165, 1.54) is 0 Å². The number of nitrogens with zero attached hydrogens (tertiary/aromatic N) is 3. The Labute approximate surface area is 224 Å². The van der Waals surface area contributed by atoms with Gasteiger partial charge in [-0.2, -0.15) is 0 Å². The van der Waals surface area contributed by atoms with Crippen molar-refractivity contribution in [1.82, 2.24) is 9.80 Å². The molecule has 0 saturated carbocycles. The van der Waals surface area contributed by atoms with E-state index >= 15 is 0 Å². The summed E-state index contributed by atoms with van der Waals surface area (Å²) < 4.78 is 6.85. The molecule has 1 aromatic carbocycles. The molecule has 4 heterocycles. The van der Waals surface area contributed by atoms with Crippen LogP contribution in [0.1, 0.15) is 38.3 Å². The van der Waals surface area contributed by atoms with Gasteiger partial charge in [-0.15, -0.1) is 0 Å². The third-order valence-electron chi connectivity index (χ3n) is 8.75. The van der Waals surface area contributed by atoms with Crippen LogP contribution < -0.4 is 4.90 Å². The predicted octanol–water partition coefficient (Wildman–Crippen LogP) is 2.61. The van der Waals surface area contributed by atoms with Crippen LogP contribution in [0, 0.1) is 31.6 Å². The molecule has 1 N–H and O–H groups in total. The summed E-state index contributed by atoms with van der Waals surface area (Å²) in [6.07, 6.45) is 8.06. The van der Waals surface area contributed by atoms with Gasteiger partial charge in [-0.3, -0.25) is 14.4 Å². The number of carbonyl (C=O) groups is 3. The van der Waals surface area contributed by atoms with E-state index in [4.69, 9.17) is 4.74 Å². The maximum Gasteiger partial charge on any atom is 0.253 e. The van der Waals surface area contributed by atoms with Crippen molar-refractivity contribution in [3.8, 4) is 0 Å². The Balaban J connectivity index is 1.71. The number of aryl methyl sites for hydroxylation is 2. The molecule has 8 nitrogen and oxygen atoms in total. The highest BCUT2D eigenvalue weighted by Gasteiger charge is 2.75. The molecule has 2 saturated heterocycles. The molecular weight excluding hydrogens is 482 g/mol. The van der Waals surface area contributed by atoms with Gasteiger partial charge in [0.05, 0.1) is 30.1 Å². The molecule has 0 bridgehead atoms. The summed E-state index contributed by atoms with van der Waals surface area (Å²) >= 11 is 0. The van der Waals surface area contributed by atoms with E-state index in [0.29, 0.717) is 19.5 Å². The number of anilines is 1. The monoisotopic (exact) mass is 521 g/mol. The van der Waals surface area contributed by atoms with Crippen LogP contribution in [0.15, 0.2) is 42.5 Å². The summed E-state index contributed by atoms with van der Waals surface area (Å²) in [6, 6.07) is 4.32. The second kappa shape index (κ2) is 9.35. The smallest absolute Gasteiger partial charge is 0.253 e. The first-order chi connectivity index (χ1) is 18.0. The summed E-state index contributed by atoms with van der Waals surface area (Å²) in [5.41, 5.74) is 0.355. The van der Waals surface area contributed by atoms with Crippen molar-refractivity contribution in [2.24, 2.45) is 17.8 Å². The summed E-state index contributed by atoms with van der Waals surface area (Å²) in [5.74, 6) is -2.21. The van der Waals surface area contributed by atoms with Crippen LogP contribution in [-0.2, 0) is 19.1 Å². The Morgan fingerprint density at radius 2 is 1.66 bits per heavy atom. The van der Waals surface area contributed by atoms with Crippen molar-refractivity contribution in [2.45, 2.75) is 64.3 Å². The number of aliphatic hydroxyl groups is 1. The Kier molecular flexibility index (Phi) is 6.55. The fourth-order valence-electron chi connectivity index (χ4n) is 7.23. The number of benzene rings is 1. The van der Waals surface area contributed by atoms with E-state index in [1.807, 2.05) is 77.1 Å². The van der Waals surface area contributed by atoms with E-state index in [2.05, 4.69) is 0 Å². The molecule has 0 aromatic heterocycles. The minimum Gasteiger partial charge on any atom is -0.394 e. The fraction of sp³-hybridized carbons (Fsp3) is 0.567. The van der Waals surface area contributed by atoms with E-state index in [-0.39, 0.29) is 30.2 Å². The van der Waals surface area contributed by atoms with Crippen molar-refractivity contribution in [1.29, 1.82) is 0 Å². The number of aliphatic hydroxyl groups excluding tert-OH is 1. The lowest BCUT2D eigenvalue weighted by molar-refractivity contribution is -0.151. The Bertz CT molecular complexity index is 1200. The number of ether oxygens (including phenoxy) is 1. The molecule has 4 aliphatic heterocycles. The van der Waals surface area contributed by atoms with Crippen LogP contribution in [0.3, 0.4) is 0 Å². The number of amides is 3. The van der Waals surface area contributed by atoms with Crippen LogP contribution in [0.4, 0.5) is 5.69 Å². The number of fused-ring (bicyclic) bond motifs is 2. The van der Waals surface area contributed by atoms with Gasteiger partial charge in [0.1, 0.15) is 11.6 Å². The van der Waals surface area contributed by atoms with Crippen LogP contribution in [-0.4, -0.2) is 82.7 Å². The highest BCUT2D eigenvalue weighted by molar-refractivity contribution is 6.06. The zero-order chi connectivity index (χ0) is 27.6. The molecule has 1 spiro atoms. The molecule has 5 rings (SSSR count). The molecule has 0 aliphatic carbocycles. The quantitative estimate of drug-likeness (QED) is 0.602. The van der Waals surface area contributed by atoms with E-state index in [1.54, 1.807) is 21.7 Å². The van der Waals surface area contributed by atoms with Gasteiger partial charge in [-0.1, -0.05) is 56.4 Å². The first-order valence-electron chi connectivity index (χ1n) is 13.6. The lowest BCUT2D eigenvalue weighted by atomic mass is 9.74. The minimum atomic E-state index is -1.33. The van der Waals surface area contributed by atoms with Gasteiger partial charge in [-0.25, -0.2) is 0 Å². The normalized spacial score (nSPS) is 33.4. The van der Waals surface area contributed by atoms with Gasteiger partial charge >= 0.3 is 0 Å². The van der Waals surface area contributed by atoms with Crippen LogP contribution in [0.2, 0.25) is 0 Å². The number of para-hydroxylation sites is 1. The summed E-state index contributed by atoms with van der Waals surface area (Å²) in [5, 5.41) is 10.5. The highest BCUT2D eigenvalue weighted by atomic mass is 16.5. The third-order valence-corrected chi connectivity index (χ3v) is 8.75. The average molecular weight is 522 g/mol. The van der Waals surface area contributed by atoms with E-state index < -0.39 is 35.1 Å². The predicted molar refractivity (Wildman–Crippen MR) is 144 cm³/mol. The standard InChI is InChI=1S/C30H39N3O5/c1-18(2)16-21(17-34)33-25-28(37)32(24-19(3)10-7-11-20(24)4)15-9-13-30(25)23(27(33)36)22-26(35)31(6)14-8-12-29(22,5)38-30/h7-13,18,21-23,25,34H,14-17H2,1-6H3/t21-,22+,23+,25?,29-,30+/m1/s1. The largest absolute Gasteiger partial charge is 0.394 e. The third kappa shape index (κ3) is 3.75. The van der Waals surface area contributed by atoms with Crippen LogP contribution in [0.5, 0.6) is 0 Å². The van der Waals surface area contributed by atoms with Crippen molar-refractivity contribution in [3.63, 3.8) is 0 Å². The Hall–Kier alpha value is -2.97. The van der Waals surface area contributed by atoms with Crippen LogP contribution in [0.25, 0.3) is 0 Å². The Morgan fingerprint density at radius 1 is 1.00 bits per heavy atom. The molecule has 3 amide bonds. The number of hydrogen-bond acceptors (Lipinski definition) is 5. The van der Waals surface area contributed by atoms with E-state index in [9.17, 15) is 19.5 Å². The fourth-order valence-corrected chi connectivity index (χ4v) is 7.23. The molecule has 1 aromatic rings. The maximum absolute atomic E-state index is 14.7. The average Bonchev–Trinajstić information content (AvgIpc) is 3.13. The van der Waals surface area contributed by atoms with Crippen molar-refractivity contribution in [2.75, 3.05) is 31.6 Å². The van der Waals surface area contributed by atoms with Crippen molar-refractivity contribution >= 4 is 23.4 Å². The number of likely N-dealkylation sites (tertiary alicyclic amines) is 1. The molecule has 204 valence electrons. The van der Waals surface area contributed by atoms with Crippen molar-refractivity contribution in [3.05, 3.63) is 53.6 Å². The molecule has 38 heavy (non-hydrogen) atoms. The van der Waals surface area contributed by atoms with Crippen LogP contribution >= 0.6 is 0 Å². The minimum absolute atomic E-state index is 0.172. The lowest BCUT2D eigenvalue weighted by Crippen LogP contribution is -2.59. The first-order valence-corrected chi connectivity index (χ1v) is 13.6. The number of carbonyl (C=O) groups excluding carboxylic acids is 3. The van der Waals surface area contributed by atoms with Crippen molar-refractivity contribution < 1.29 is 24.2 Å². The molecule has 0 radical (unpaired) electrons. The highest BCUT2D eigenvalue weighted by Crippen LogP contribution is 2.58.